The minimum absolute atomic E-state index is 0.0924. The van der Waals surface area contributed by atoms with E-state index in [2.05, 4.69) is 34.8 Å². The van der Waals surface area contributed by atoms with Gasteiger partial charge in [0.25, 0.3) is 0 Å². The van der Waals surface area contributed by atoms with Crippen molar-refractivity contribution in [3.8, 4) is 5.75 Å². The highest BCUT2D eigenvalue weighted by Gasteiger charge is 2.18. The SMILES string of the molecule is CCNC(=NCCOc1cccc(NC(C)=O)c1)NC1CCC(C)CC1. The third-order valence-corrected chi connectivity index (χ3v) is 4.49. The van der Waals surface area contributed by atoms with Gasteiger partial charge in [-0.05, 0) is 50.7 Å². The predicted molar refractivity (Wildman–Crippen MR) is 107 cm³/mol. The number of benzene rings is 1. The Kier molecular flexibility index (Phi) is 8.25. The molecule has 6 heteroatoms. The van der Waals surface area contributed by atoms with E-state index in [4.69, 9.17) is 4.74 Å². The van der Waals surface area contributed by atoms with Gasteiger partial charge in [-0.1, -0.05) is 13.0 Å². The minimum atomic E-state index is -0.0924. The molecule has 144 valence electrons. The molecule has 0 unspecified atom stereocenters. The Morgan fingerprint density at radius 2 is 2.04 bits per heavy atom. The summed E-state index contributed by atoms with van der Waals surface area (Å²) in [6.07, 6.45) is 4.98. The Morgan fingerprint density at radius 1 is 1.27 bits per heavy atom. The van der Waals surface area contributed by atoms with Crippen LogP contribution in [0.5, 0.6) is 5.75 Å². The molecule has 1 aliphatic rings. The number of guanidine groups is 1. The van der Waals surface area contributed by atoms with Crippen LogP contribution < -0.4 is 20.7 Å². The van der Waals surface area contributed by atoms with Crippen LogP contribution in [0.3, 0.4) is 0 Å². The standard InChI is InChI=1S/C20H32N4O2/c1-4-21-20(24-17-10-8-15(2)9-11-17)22-12-13-26-19-7-5-6-18(14-19)23-16(3)25/h5-7,14-15,17H,4,8-13H2,1-3H3,(H,23,25)(H2,21,22,24). The van der Waals surface area contributed by atoms with Crippen molar-refractivity contribution in [1.29, 1.82) is 0 Å². The Balaban J connectivity index is 1.79. The van der Waals surface area contributed by atoms with E-state index < -0.39 is 0 Å². The van der Waals surface area contributed by atoms with E-state index in [9.17, 15) is 4.79 Å². The molecule has 1 aromatic rings. The van der Waals surface area contributed by atoms with Gasteiger partial charge in [0, 0.05) is 31.3 Å². The summed E-state index contributed by atoms with van der Waals surface area (Å²) in [6, 6.07) is 7.91. The first-order valence-electron chi connectivity index (χ1n) is 9.62. The van der Waals surface area contributed by atoms with Gasteiger partial charge in [0.05, 0.1) is 6.54 Å². The fourth-order valence-corrected chi connectivity index (χ4v) is 3.11. The summed E-state index contributed by atoms with van der Waals surface area (Å²) < 4.78 is 5.75. The molecular formula is C20H32N4O2. The molecule has 1 amide bonds. The van der Waals surface area contributed by atoms with Gasteiger partial charge in [-0.2, -0.15) is 0 Å². The number of carbonyl (C=O) groups is 1. The molecule has 0 heterocycles. The quantitative estimate of drug-likeness (QED) is 0.397. The third kappa shape index (κ3) is 7.33. The van der Waals surface area contributed by atoms with Crippen LogP contribution in [0.15, 0.2) is 29.3 Å². The van der Waals surface area contributed by atoms with Crippen LogP contribution in [0, 0.1) is 5.92 Å². The Hall–Kier alpha value is -2.24. The number of nitrogens with zero attached hydrogens (tertiary/aromatic N) is 1. The second-order valence-corrected chi connectivity index (χ2v) is 6.92. The zero-order valence-electron chi connectivity index (χ0n) is 16.2. The molecule has 0 radical (unpaired) electrons. The maximum Gasteiger partial charge on any atom is 0.221 e. The number of aliphatic imine (C=N–C) groups is 1. The molecular weight excluding hydrogens is 328 g/mol. The van der Waals surface area contributed by atoms with Gasteiger partial charge in [-0.25, -0.2) is 4.99 Å². The number of carbonyl (C=O) groups excluding carboxylic acids is 1. The highest BCUT2D eigenvalue weighted by atomic mass is 16.5. The van der Waals surface area contributed by atoms with E-state index in [-0.39, 0.29) is 5.91 Å². The fourth-order valence-electron chi connectivity index (χ4n) is 3.11. The van der Waals surface area contributed by atoms with Gasteiger partial charge in [-0.3, -0.25) is 4.79 Å². The molecule has 0 atom stereocenters. The van der Waals surface area contributed by atoms with Crippen LogP contribution in [0.25, 0.3) is 0 Å². The lowest BCUT2D eigenvalue weighted by Crippen LogP contribution is -2.44. The molecule has 0 spiro atoms. The second kappa shape index (κ2) is 10.7. The number of anilines is 1. The van der Waals surface area contributed by atoms with Crippen LogP contribution in [0.1, 0.15) is 46.5 Å². The monoisotopic (exact) mass is 360 g/mol. The summed E-state index contributed by atoms with van der Waals surface area (Å²) in [4.78, 5) is 15.7. The zero-order chi connectivity index (χ0) is 18.8. The summed E-state index contributed by atoms with van der Waals surface area (Å²) in [5.41, 5.74) is 0.736. The van der Waals surface area contributed by atoms with E-state index in [1.165, 1.54) is 32.6 Å². The van der Waals surface area contributed by atoms with Crippen LogP contribution in [-0.4, -0.2) is 37.6 Å². The molecule has 3 N–H and O–H groups in total. The molecule has 1 aromatic carbocycles. The lowest BCUT2D eigenvalue weighted by Gasteiger charge is -2.28. The Morgan fingerprint density at radius 3 is 2.73 bits per heavy atom. The van der Waals surface area contributed by atoms with Crippen LogP contribution in [0.2, 0.25) is 0 Å². The lowest BCUT2D eigenvalue weighted by molar-refractivity contribution is -0.114. The molecule has 0 bridgehead atoms. The fraction of sp³-hybridized carbons (Fsp3) is 0.600. The van der Waals surface area contributed by atoms with E-state index >= 15 is 0 Å². The topological polar surface area (TPSA) is 74.8 Å². The molecule has 0 aliphatic heterocycles. The summed E-state index contributed by atoms with van der Waals surface area (Å²) >= 11 is 0. The highest BCUT2D eigenvalue weighted by molar-refractivity contribution is 5.88. The normalized spacial score (nSPS) is 20.3. The molecule has 0 saturated heterocycles. The average Bonchev–Trinajstić information content (AvgIpc) is 2.60. The first kappa shape index (κ1) is 20.1. The predicted octanol–water partition coefficient (Wildman–Crippen LogP) is 3.16. The smallest absolute Gasteiger partial charge is 0.221 e. The zero-order valence-corrected chi connectivity index (χ0v) is 16.2. The van der Waals surface area contributed by atoms with Crippen molar-refractivity contribution in [2.24, 2.45) is 10.9 Å². The maximum atomic E-state index is 11.1. The second-order valence-electron chi connectivity index (χ2n) is 6.92. The van der Waals surface area contributed by atoms with E-state index in [0.29, 0.717) is 19.2 Å². The van der Waals surface area contributed by atoms with Crippen LogP contribution >= 0.6 is 0 Å². The van der Waals surface area contributed by atoms with Crippen molar-refractivity contribution in [1.82, 2.24) is 10.6 Å². The number of amides is 1. The molecule has 26 heavy (non-hydrogen) atoms. The van der Waals surface area contributed by atoms with E-state index in [1.54, 1.807) is 0 Å². The van der Waals surface area contributed by atoms with Crippen LogP contribution in [0.4, 0.5) is 5.69 Å². The van der Waals surface area contributed by atoms with Crippen LogP contribution in [-0.2, 0) is 4.79 Å². The van der Waals surface area contributed by atoms with Crippen molar-refractivity contribution in [3.63, 3.8) is 0 Å². The largest absolute Gasteiger partial charge is 0.492 e. The first-order valence-corrected chi connectivity index (χ1v) is 9.62. The number of hydrogen-bond acceptors (Lipinski definition) is 3. The van der Waals surface area contributed by atoms with Crippen molar-refractivity contribution in [3.05, 3.63) is 24.3 Å². The van der Waals surface area contributed by atoms with E-state index in [1.807, 2.05) is 24.3 Å². The van der Waals surface area contributed by atoms with Gasteiger partial charge >= 0.3 is 0 Å². The van der Waals surface area contributed by atoms with Crippen molar-refractivity contribution in [2.75, 3.05) is 25.0 Å². The molecule has 1 aliphatic carbocycles. The van der Waals surface area contributed by atoms with Gasteiger partial charge in [-0.15, -0.1) is 0 Å². The third-order valence-electron chi connectivity index (χ3n) is 4.49. The molecule has 2 rings (SSSR count). The maximum absolute atomic E-state index is 11.1. The number of rotatable bonds is 7. The molecule has 1 saturated carbocycles. The minimum Gasteiger partial charge on any atom is -0.492 e. The first-order chi connectivity index (χ1) is 12.6. The van der Waals surface area contributed by atoms with Gasteiger partial charge in [0.15, 0.2) is 5.96 Å². The molecule has 0 aromatic heterocycles. The van der Waals surface area contributed by atoms with Gasteiger partial charge < -0.3 is 20.7 Å². The Bertz CT molecular complexity index is 595. The van der Waals surface area contributed by atoms with Crippen molar-refractivity contribution in [2.45, 2.75) is 52.5 Å². The summed E-state index contributed by atoms with van der Waals surface area (Å²) in [5.74, 6) is 2.34. The van der Waals surface area contributed by atoms with Gasteiger partial charge in [0.2, 0.25) is 5.91 Å². The summed E-state index contributed by atoms with van der Waals surface area (Å²) in [7, 11) is 0. The lowest BCUT2D eigenvalue weighted by atomic mass is 9.87. The summed E-state index contributed by atoms with van der Waals surface area (Å²) in [6.45, 7) is 7.79. The van der Waals surface area contributed by atoms with Crippen molar-refractivity contribution < 1.29 is 9.53 Å². The van der Waals surface area contributed by atoms with E-state index in [0.717, 1.165) is 29.9 Å². The van der Waals surface area contributed by atoms with Gasteiger partial charge in [0.1, 0.15) is 12.4 Å². The molecule has 1 fully saturated rings. The number of nitrogens with one attached hydrogen (secondary N) is 3. The highest BCUT2D eigenvalue weighted by Crippen LogP contribution is 2.23. The average molecular weight is 361 g/mol. The molecule has 6 nitrogen and oxygen atoms in total. The number of ether oxygens (including phenoxy) is 1. The summed E-state index contributed by atoms with van der Waals surface area (Å²) in [5, 5.41) is 9.60. The number of hydrogen-bond donors (Lipinski definition) is 3. The van der Waals surface area contributed by atoms with Crippen molar-refractivity contribution >= 4 is 17.6 Å². The Labute approximate surface area is 156 Å².